The van der Waals surface area contributed by atoms with Crippen molar-refractivity contribution in [2.75, 3.05) is 25.4 Å². The molecule has 190 valence electrons. The highest BCUT2D eigenvalue weighted by molar-refractivity contribution is 7.64. The van der Waals surface area contributed by atoms with E-state index in [4.69, 9.17) is 4.74 Å². The summed E-state index contributed by atoms with van der Waals surface area (Å²) in [6.07, 6.45) is -14.7. The fraction of sp³-hybridized carbons (Fsp3) is 0.619. The first-order valence-electron chi connectivity index (χ1n) is 10.8. The summed E-state index contributed by atoms with van der Waals surface area (Å²) in [5.41, 5.74) is 0.706. The number of rotatable bonds is 6. The van der Waals surface area contributed by atoms with Crippen LogP contribution in [-0.4, -0.2) is 71.4 Å². The van der Waals surface area contributed by atoms with Crippen LogP contribution in [0.1, 0.15) is 31.2 Å². The molecular weight excluding hydrogens is 489 g/mol. The summed E-state index contributed by atoms with van der Waals surface area (Å²) < 4.78 is 96.9. The largest absolute Gasteiger partial charge is 0.445 e. The summed E-state index contributed by atoms with van der Waals surface area (Å²) >= 11 is 0. The number of carbonyl (C=O) groups is 2. The zero-order chi connectivity index (χ0) is 25.1. The first-order chi connectivity index (χ1) is 15.8. The number of hydrogen-bond donors (Lipinski definition) is 0. The van der Waals surface area contributed by atoms with Crippen LogP contribution in [0.15, 0.2) is 30.3 Å². The lowest BCUT2D eigenvalue weighted by Gasteiger charge is -2.35. The molecule has 0 spiro atoms. The highest BCUT2D eigenvalue weighted by Gasteiger charge is 2.54. The quantitative estimate of drug-likeness (QED) is 0.386. The maximum absolute atomic E-state index is 13.2. The normalized spacial score (nSPS) is 21.7. The SMILES string of the molecule is O=C([C@@H]1CCCN1C(=O)OCc1ccccc1)N1CCCC1P(=O)(CC(F)(F)F)CC(F)(F)F. The summed E-state index contributed by atoms with van der Waals surface area (Å²) in [4.78, 5) is 27.8. The molecule has 2 heterocycles. The Morgan fingerprint density at radius 1 is 0.912 bits per heavy atom. The lowest BCUT2D eigenvalue weighted by molar-refractivity contribution is -0.136. The van der Waals surface area contributed by atoms with Crippen molar-refractivity contribution in [1.82, 2.24) is 9.80 Å². The second-order valence-corrected chi connectivity index (χ2v) is 11.7. The number of hydrogen-bond acceptors (Lipinski definition) is 4. The van der Waals surface area contributed by atoms with E-state index >= 15 is 0 Å². The molecule has 0 aliphatic carbocycles. The lowest BCUT2D eigenvalue weighted by Crippen LogP contribution is -2.50. The maximum Gasteiger partial charge on any atom is 0.410 e. The number of amides is 2. The van der Waals surface area contributed by atoms with Crippen molar-refractivity contribution in [3.63, 3.8) is 0 Å². The van der Waals surface area contributed by atoms with Crippen LogP contribution in [0.3, 0.4) is 0 Å². The molecule has 1 unspecified atom stereocenters. The molecule has 0 saturated carbocycles. The number of carbonyl (C=O) groups excluding carboxylic acids is 2. The molecule has 2 saturated heterocycles. The highest BCUT2D eigenvalue weighted by Crippen LogP contribution is 2.60. The summed E-state index contributed by atoms with van der Waals surface area (Å²) in [5, 5.41) is 0. The van der Waals surface area contributed by atoms with Gasteiger partial charge in [0.1, 0.15) is 19.8 Å². The van der Waals surface area contributed by atoms with Gasteiger partial charge in [-0.05, 0) is 31.2 Å². The zero-order valence-electron chi connectivity index (χ0n) is 18.1. The van der Waals surface area contributed by atoms with Gasteiger partial charge in [0.25, 0.3) is 0 Å². The zero-order valence-corrected chi connectivity index (χ0v) is 19.0. The summed E-state index contributed by atoms with van der Waals surface area (Å²) in [6, 6.07) is 7.65. The fourth-order valence-electron chi connectivity index (χ4n) is 4.60. The lowest BCUT2D eigenvalue weighted by atomic mass is 10.2. The molecule has 1 aromatic carbocycles. The average Bonchev–Trinajstić information content (AvgIpc) is 3.39. The van der Waals surface area contributed by atoms with Gasteiger partial charge in [0.05, 0.1) is 18.1 Å². The summed E-state index contributed by atoms with van der Waals surface area (Å²) in [5.74, 6) is -2.47. The van der Waals surface area contributed by atoms with Gasteiger partial charge >= 0.3 is 18.4 Å². The molecule has 6 nitrogen and oxygen atoms in total. The molecule has 3 rings (SSSR count). The minimum absolute atomic E-state index is 0.0597. The molecule has 2 atom stereocenters. The Kier molecular flexibility index (Phi) is 7.89. The van der Waals surface area contributed by atoms with Gasteiger partial charge in [0.15, 0.2) is 0 Å². The monoisotopic (exact) mass is 514 g/mol. The van der Waals surface area contributed by atoms with E-state index in [0.717, 1.165) is 9.80 Å². The van der Waals surface area contributed by atoms with Gasteiger partial charge in [-0.3, -0.25) is 9.69 Å². The van der Waals surface area contributed by atoms with E-state index in [0.29, 0.717) is 12.0 Å². The number of nitrogens with zero attached hydrogens (tertiary/aromatic N) is 2. The van der Waals surface area contributed by atoms with Gasteiger partial charge < -0.3 is 14.2 Å². The standard InChI is InChI=1S/C21H25F6N2O4P/c22-20(23,24)13-34(32,14-21(25,26)27)17-9-5-11-29(17)18(30)16-8-4-10-28(16)19(31)33-12-15-6-2-1-3-7-15/h1-3,6-7,16-17H,4-5,8-14H2/t16-,17?/m0/s1. The second-order valence-electron chi connectivity index (χ2n) is 8.55. The van der Waals surface area contributed by atoms with Gasteiger partial charge in [-0.2, -0.15) is 26.3 Å². The van der Waals surface area contributed by atoms with Gasteiger partial charge in [-0.1, -0.05) is 30.3 Å². The number of benzene rings is 1. The number of alkyl halides is 6. The number of ether oxygens (including phenoxy) is 1. The smallest absolute Gasteiger partial charge is 0.410 e. The molecule has 2 aliphatic rings. The van der Waals surface area contributed by atoms with Gasteiger partial charge in [0, 0.05) is 13.1 Å². The van der Waals surface area contributed by atoms with E-state index < -0.39 is 55.6 Å². The summed E-state index contributed by atoms with van der Waals surface area (Å²) in [6.45, 7) is -0.0201. The molecule has 0 bridgehead atoms. The van der Waals surface area contributed by atoms with Crippen LogP contribution in [0.5, 0.6) is 0 Å². The molecule has 0 radical (unpaired) electrons. The molecule has 0 aromatic heterocycles. The van der Waals surface area contributed by atoms with Crippen molar-refractivity contribution in [1.29, 1.82) is 0 Å². The molecule has 13 heteroatoms. The van der Waals surface area contributed by atoms with E-state index in [-0.39, 0.29) is 39.0 Å². The van der Waals surface area contributed by atoms with E-state index in [9.17, 15) is 40.5 Å². The van der Waals surface area contributed by atoms with Crippen molar-refractivity contribution < 1.29 is 45.2 Å². The predicted molar refractivity (Wildman–Crippen MR) is 111 cm³/mol. The first kappa shape index (κ1) is 26.4. The number of halogens is 6. The summed E-state index contributed by atoms with van der Waals surface area (Å²) in [7, 11) is -4.94. The van der Waals surface area contributed by atoms with Gasteiger partial charge in [-0.25, -0.2) is 4.79 Å². The Labute approximate surface area is 192 Å². The Hall–Kier alpha value is -2.23. The topological polar surface area (TPSA) is 66.9 Å². The molecule has 2 amide bonds. The van der Waals surface area contributed by atoms with Crippen molar-refractivity contribution in [2.24, 2.45) is 0 Å². The van der Waals surface area contributed by atoms with Gasteiger partial charge in [-0.15, -0.1) is 0 Å². The number of likely N-dealkylation sites (tertiary alicyclic amines) is 2. The Morgan fingerprint density at radius 3 is 2.06 bits per heavy atom. The van der Waals surface area contributed by atoms with Gasteiger partial charge in [0.2, 0.25) is 5.91 Å². The third-order valence-corrected chi connectivity index (χ3v) is 9.33. The third-order valence-electron chi connectivity index (χ3n) is 5.92. The molecule has 2 aliphatic heterocycles. The molecule has 34 heavy (non-hydrogen) atoms. The van der Waals surface area contributed by atoms with Crippen molar-refractivity contribution in [3.05, 3.63) is 35.9 Å². The maximum atomic E-state index is 13.2. The van der Waals surface area contributed by atoms with Crippen molar-refractivity contribution in [3.8, 4) is 0 Å². The van der Waals surface area contributed by atoms with Crippen LogP contribution in [0.25, 0.3) is 0 Å². The van der Waals surface area contributed by atoms with Crippen LogP contribution in [-0.2, 0) is 20.7 Å². The Balaban J connectivity index is 1.75. The molecule has 0 N–H and O–H groups in total. The van der Waals surface area contributed by atoms with Crippen molar-refractivity contribution >= 4 is 19.1 Å². The minimum Gasteiger partial charge on any atom is -0.445 e. The molecule has 2 fully saturated rings. The van der Waals surface area contributed by atoms with Crippen molar-refractivity contribution in [2.45, 2.75) is 56.5 Å². The highest BCUT2D eigenvalue weighted by atomic mass is 31.2. The third kappa shape index (κ3) is 6.67. The van der Waals surface area contributed by atoms with Crippen LogP contribution in [0.4, 0.5) is 31.1 Å². The van der Waals surface area contributed by atoms with Crippen LogP contribution in [0.2, 0.25) is 0 Å². The molecule has 1 aromatic rings. The van der Waals surface area contributed by atoms with E-state index in [1.807, 2.05) is 0 Å². The first-order valence-corrected chi connectivity index (χ1v) is 12.9. The minimum atomic E-state index is -5.08. The Morgan fingerprint density at radius 2 is 1.47 bits per heavy atom. The fourth-order valence-corrected chi connectivity index (χ4v) is 7.74. The second kappa shape index (κ2) is 10.2. The van der Waals surface area contributed by atoms with Crippen LogP contribution < -0.4 is 0 Å². The van der Waals surface area contributed by atoms with E-state index in [1.165, 1.54) is 0 Å². The van der Waals surface area contributed by atoms with Crippen LogP contribution >= 0.6 is 7.14 Å². The molecular formula is C21H25F6N2O4P. The average molecular weight is 514 g/mol. The van der Waals surface area contributed by atoms with E-state index in [2.05, 4.69) is 0 Å². The predicted octanol–water partition coefficient (Wildman–Crippen LogP) is 5.22. The van der Waals surface area contributed by atoms with E-state index in [1.54, 1.807) is 30.3 Å². The van der Waals surface area contributed by atoms with Crippen LogP contribution in [0, 0.1) is 0 Å². The Bertz CT molecular complexity index is 904.